The van der Waals surface area contributed by atoms with Crippen LogP contribution in [0.2, 0.25) is 0 Å². The van der Waals surface area contributed by atoms with E-state index in [1.807, 2.05) is 40.7 Å². The first-order chi connectivity index (χ1) is 8.33. The Morgan fingerprint density at radius 3 is 1.65 bits per heavy atom. The van der Waals surface area contributed by atoms with Crippen molar-refractivity contribution in [2.75, 3.05) is 6.61 Å². The molecule has 0 aliphatic heterocycles. The molecule has 0 aliphatic carbocycles. The van der Waals surface area contributed by atoms with E-state index in [0.717, 1.165) is 12.8 Å². The molecule has 0 radical (unpaired) electrons. The Balaban J connectivity index is -0.0000000809. The third-order valence-corrected chi connectivity index (χ3v) is 1.11. The lowest BCUT2D eigenvalue weighted by molar-refractivity contribution is 0.289. The molecule has 0 unspecified atom stereocenters. The summed E-state index contributed by atoms with van der Waals surface area (Å²) < 4.78 is 4.92. The summed E-state index contributed by atoms with van der Waals surface area (Å²) in [4.78, 5) is 0. The van der Waals surface area contributed by atoms with Crippen molar-refractivity contribution in [2.24, 2.45) is 0 Å². The fraction of sp³-hybridized carbons (Fsp3) is 0.625. The largest absolute Gasteiger partial charge is 0.497 e. The van der Waals surface area contributed by atoms with Gasteiger partial charge in [-0.25, -0.2) is 0 Å². The molecule has 0 N–H and O–H groups in total. The van der Waals surface area contributed by atoms with Gasteiger partial charge in [0.05, 0.1) is 6.26 Å². The van der Waals surface area contributed by atoms with Crippen LogP contribution in [0.15, 0.2) is 37.1 Å². The maximum atomic E-state index is 4.92. The van der Waals surface area contributed by atoms with Gasteiger partial charge in [0.15, 0.2) is 0 Å². The second-order valence-electron chi connectivity index (χ2n) is 2.38. The average Bonchev–Trinajstić information content (AvgIpc) is 2.41. The van der Waals surface area contributed by atoms with Crippen LogP contribution in [0, 0.1) is 0 Å². The number of hydrogen-bond donors (Lipinski definition) is 0. The quantitative estimate of drug-likeness (QED) is 0.320. The molecule has 0 bridgehead atoms. The van der Waals surface area contributed by atoms with E-state index in [0.29, 0.717) is 6.61 Å². The first kappa shape index (κ1) is 25.0. The van der Waals surface area contributed by atoms with Crippen LogP contribution in [0.1, 0.15) is 61.3 Å². The van der Waals surface area contributed by atoms with Gasteiger partial charge < -0.3 is 4.74 Å². The molecule has 0 aromatic carbocycles. The van der Waals surface area contributed by atoms with Crippen molar-refractivity contribution < 1.29 is 4.74 Å². The SMILES string of the molecule is C/C=C\CC.C=CCO/C=C/CC.CC.CC. The van der Waals surface area contributed by atoms with E-state index in [1.54, 1.807) is 12.3 Å². The highest BCUT2D eigenvalue weighted by Gasteiger charge is 1.67. The fourth-order valence-corrected chi connectivity index (χ4v) is 0.524. The number of allylic oxidation sites excluding steroid dienone is 3. The molecule has 0 spiro atoms. The van der Waals surface area contributed by atoms with Crippen LogP contribution in [0.25, 0.3) is 0 Å². The van der Waals surface area contributed by atoms with Gasteiger partial charge >= 0.3 is 0 Å². The summed E-state index contributed by atoms with van der Waals surface area (Å²) in [5.41, 5.74) is 0. The fourth-order valence-electron chi connectivity index (χ4n) is 0.524. The molecule has 17 heavy (non-hydrogen) atoms. The van der Waals surface area contributed by atoms with Crippen LogP contribution in [-0.2, 0) is 4.74 Å². The van der Waals surface area contributed by atoms with E-state index in [4.69, 9.17) is 4.74 Å². The standard InChI is InChI=1S/C7H12O.C5H10.2C2H6/c1-3-5-7-8-6-4-2;1-3-5-4-2;2*1-2/h4-5,7H,2-3,6H2,1H3;3,5H,4H2,1-2H3;2*1-2H3/b7-5+;5-3-;;. The number of ether oxygens (including phenoxy) is 1. The molecular weight excluding hydrogens is 208 g/mol. The Labute approximate surface area is 110 Å². The predicted octanol–water partition coefficient (Wildman–Crippen LogP) is 6.14. The molecule has 0 atom stereocenters. The number of hydrogen-bond acceptors (Lipinski definition) is 1. The van der Waals surface area contributed by atoms with Crippen LogP contribution in [-0.4, -0.2) is 6.61 Å². The highest BCUT2D eigenvalue weighted by atomic mass is 16.5. The molecular formula is C16H34O. The van der Waals surface area contributed by atoms with Crippen molar-refractivity contribution in [3.63, 3.8) is 0 Å². The zero-order valence-electron chi connectivity index (χ0n) is 13.1. The van der Waals surface area contributed by atoms with Gasteiger partial charge in [-0.3, -0.25) is 0 Å². The summed E-state index contributed by atoms with van der Waals surface area (Å²) in [5.74, 6) is 0. The summed E-state index contributed by atoms with van der Waals surface area (Å²) in [6.07, 6.45) is 11.7. The molecule has 0 saturated heterocycles. The molecule has 1 nitrogen and oxygen atoms in total. The molecule has 0 amide bonds. The van der Waals surface area contributed by atoms with Crippen molar-refractivity contribution in [2.45, 2.75) is 61.3 Å². The Bertz CT molecular complexity index is 134. The van der Waals surface area contributed by atoms with Gasteiger partial charge in [0, 0.05) is 0 Å². The van der Waals surface area contributed by atoms with Gasteiger partial charge in [0.1, 0.15) is 6.61 Å². The van der Waals surface area contributed by atoms with Gasteiger partial charge in [-0.15, -0.1) is 0 Å². The topological polar surface area (TPSA) is 9.23 Å². The van der Waals surface area contributed by atoms with Gasteiger partial charge in [-0.2, -0.15) is 0 Å². The van der Waals surface area contributed by atoms with Crippen LogP contribution in [0.5, 0.6) is 0 Å². The van der Waals surface area contributed by atoms with Crippen LogP contribution in [0.4, 0.5) is 0 Å². The lowest BCUT2D eigenvalue weighted by Crippen LogP contribution is -1.77. The van der Waals surface area contributed by atoms with E-state index in [9.17, 15) is 0 Å². The zero-order valence-corrected chi connectivity index (χ0v) is 13.1. The first-order valence-electron chi connectivity index (χ1n) is 6.82. The van der Waals surface area contributed by atoms with Crippen molar-refractivity contribution in [1.29, 1.82) is 0 Å². The zero-order chi connectivity index (χ0) is 14.4. The van der Waals surface area contributed by atoms with Crippen molar-refractivity contribution in [1.82, 2.24) is 0 Å². The summed E-state index contributed by atoms with van der Waals surface area (Å²) in [7, 11) is 0. The Hall–Kier alpha value is -0.980. The summed E-state index contributed by atoms with van der Waals surface area (Å²) in [6, 6.07) is 0. The molecule has 0 heterocycles. The van der Waals surface area contributed by atoms with Gasteiger partial charge in [0.2, 0.25) is 0 Å². The Morgan fingerprint density at radius 2 is 1.41 bits per heavy atom. The lowest BCUT2D eigenvalue weighted by atomic mass is 10.4. The maximum absolute atomic E-state index is 4.92. The molecule has 0 aromatic rings. The molecule has 0 aliphatic rings. The predicted molar refractivity (Wildman–Crippen MR) is 83.4 cm³/mol. The maximum Gasteiger partial charge on any atom is 0.105 e. The summed E-state index contributed by atoms with van der Waals surface area (Å²) in [5, 5.41) is 0. The smallest absolute Gasteiger partial charge is 0.105 e. The first-order valence-corrected chi connectivity index (χ1v) is 6.82. The monoisotopic (exact) mass is 242 g/mol. The van der Waals surface area contributed by atoms with Gasteiger partial charge in [0.25, 0.3) is 0 Å². The minimum Gasteiger partial charge on any atom is -0.497 e. The minimum absolute atomic E-state index is 0.608. The van der Waals surface area contributed by atoms with Gasteiger partial charge in [-0.1, -0.05) is 72.4 Å². The lowest BCUT2D eigenvalue weighted by Gasteiger charge is -1.89. The van der Waals surface area contributed by atoms with E-state index >= 15 is 0 Å². The minimum atomic E-state index is 0.608. The Morgan fingerprint density at radius 1 is 0.941 bits per heavy atom. The van der Waals surface area contributed by atoms with E-state index in [-0.39, 0.29) is 0 Å². The van der Waals surface area contributed by atoms with E-state index in [1.165, 1.54) is 0 Å². The second-order valence-corrected chi connectivity index (χ2v) is 2.38. The molecule has 0 aromatic heterocycles. The normalized spacial score (nSPS) is 8.18. The second kappa shape index (κ2) is 45.9. The highest BCUT2D eigenvalue weighted by molar-refractivity contribution is 4.74. The highest BCUT2D eigenvalue weighted by Crippen LogP contribution is 1.81. The molecule has 0 saturated carbocycles. The Kier molecular flexibility index (Phi) is 67.5. The van der Waals surface area contributed by atoms with E-state index in [2.05, 4.69) is 32.6 Å². The summed E-state index contributed by atoms with van der Waals surface area (Å²) >= 11 is 0. The average molecular weight is 242 g/mol. The molecule has 0 fully saturated rings. The van der Waals surface area contributed by atoms with Crippen molar-refractivity contribution in [3.8, 4) is 0 Å². The van der Waals surface area contributed by atoms with Crippen molar-refractivity contribution in [3.05, 3.63) is 37.1 Å². The van der Waals surface area contributed by atoms with Crippen LogP contribution in [0.3, 0.4) is 0 Å². The van der Waals surface area contributed by atoms with Crippen LogP contribution >= 0.6 is 0 Å². The van der Waals surface area contributed by atoms with Crippen LogP contribution < -0.4 is 0 Å². The molecule has 0 rings (SSSR count). The number of rotatable bonds is 5. The molecule has 104 valence electrons. The van der Waals surface area contributed by atoms with Gasteiger partial charge in [-0.05, 0) is 19.8 Å². The summed E-state index contributed by atoms with van der Waals surface area (Å²) in [6.45, 7) is 18.3. The third kappa shape index (κ3) is 70.3. The third-order valence-electron chi connectivity index (χ3n) is 1.11. The molecule has 1 heteroatoms. The van der Waals surface area contributed by atoms with Crippen molar-refractivity contribution >= 4 is 0 Å². The van der Waals surface area contributed by atoms with E-state index < -0.39 is 0 Å².